The molecule has 1 aliphatic rings. The van der Waals surface area contributed by atoms with Crippen molar-refractivity contribution in [2.24, 2.45) is 9.98 Å². The SMILES string of the molecule is CN=C1OCCOC1=NC.[Br][Ni][Br]. The summed E-state index contributed by atoms with van der Waals surface area (Å²) in [6, 6.07) is 0. The van der Waals surface area contributed by atoms with Gasteiger partial charge >= 0.3 is 39.3 Å². The molecule has 1 heterocycles. The molecule has 0 aliphatic carbocycles. The first-order valence-corrected chi connectivity index (χ1v) is 8.20. The summed E-state index contributed by atoms with van der Waals surface area (Å²) in [5.74, 6) is 0.988. The zero-order valence-electron chi connectivity index (χ0n) is 7.20. The van der Waals surface area contributed by atoms with Crippen LogP contribution in [0.2, 0.25) is 0 Å². The molecule has 0 bridgehead atoms. The molecule has 0 atom stereocenters. The van der Waals surface area contributed by atoms with Crippen molar-refractivity contribution in [2.45, 2.75) is 0 Å². The fraction of sp³-hybridized carbons (Fsp3) is 0.667. The monoisotopic (exact) mass is 358 g/mol. The van der Waals surface area contributed by atoms with Crippen LogP contribution in [-0.4, -0.2) is 39.1 Å². The van der Waals surface area contributed by atoms with E-state index in [1.807, 2.05) is 0 Å². The third kappa shape index (κ3) is 5.65. The standard InChI is InChI=1S/C6H10N2O2.2BrH.Ni/c1-7-5-6(8-2)10-4-3-9-5;;;/h3-4H2,1-2H3;2*1H;/q;;;+2/p-2. The minimum atomic E-state index is 0.494. The minimum absolute atomic E-state index is 0.494. The molecule has 1 saturated heterocycles. The van der Waals surface area contributed by atoms with Gasteiger partial charge in [-0.25, -0.2) is 0 Å². The molecule has 4 nitrogen and oxygen atoms in total. The van der Waals surface area contributed by atoms with Crippen LogP contribution in [0.25, 0.3) is 0 Å². The molecule has 13 heavy (non-hydrogen) atoms. The molecule has 0 aromatic heterocycles. The van der Waals surface area contributed by atoms with E-state index in [9.17, 15) is 0 Å². The number of hydrogen-bond donors (Lipinski definition) is 0. The fourth-order valence-corrected chi connectivity index (χ4v) is 0.721. The molecule has 0 radical (unpaired) electrons. The number of halogens is 2. The van der Waals surface area contributed by atoms with Gasteiger partial charge in [0.15, 0.2) is 0 Å². The van der Waals surface area contributed by atoms with Gasteiger partial charge in [-0.05, 0) is 0 Å². The molecule has 0 aromatic rings. The molecular weight excluding hydrogens is 351 g/mol. The van der Waals surface area contributed by atoms with E-state index in [1.54, 1.807) is 14.1 Å². The van der Waals surface area contributed by atoms with Crippen LogP contribution in [0.5, 0.6) is 0 Å². The first-order valence-electron chi connectivity index (χ1n) is 3.32. The quantitative estimate of drug-likeness (QED) is 0.618. The second-order valence-corrected chi connectivity index (χ2v) is 6.78. The Kier molecular flexibility index (Phi) is 9.24. The zero-order valence-corrected chi connectivity index (χ0v) is 11.4. The average Bonchev–Trinajstić information content (AvgIpc) is 2.19. The summed E-state index contributed by atoms with van der Waals surface area (Å²) in [4.78, 5) is 7.68. The molecule has 1 fully saturated rings. The van der Waals surface area contributed by atoms with E-state index in [-0.39, 0.29) is 0 Å². The molecule has 0 unspecified atom stereocenters. The third-order valence-electron chi connectivity index (χ3n) is 1.15. The number of ether oxygens (including phenoxy) is 2. The van der Waals surface area contributed by atoms with Crippen molar-refractivity contribution >= 4 is 40.2 Å². The molecule has 1 rings (SSSR count). The average molecular weight is 361 g/mol. The van der Waals surface area contributed by atoms with E-state index in [1.165, 1.54) is 10.9 Å². The van der Waals surface area contributed by atoms with E-state index in [4.69, 9.17) is 9.47 Å². The summed E-state index contributed by atoms with van der Waals surface area (Å²) in [7, 11) is 4.55. The van der Waals surface area contributed by atoms with Crippen LogP contribution in [0.3, 0.4) is 0 Å². The van der Waals surface area contributed by atoms with Crippen molar-refractivity contribution in [3.63, 3.8) is 0 Å². The summed E-state index contributed by atoms with van der Waals surface area (Å²) in [6.07, 6.45) is 0. The topological polar surface area (TPSA) is 43.2 Å². The Morgan fingerprint density at radius 3 is 1.62 bits per heavy atom. The second kappa shape index (κ2) is 8.97. The Morgan fingerprint density at radius 2 is 1.38 bits per heavy atom. The first kappa shape index (κ1) is 13.4. The predicted molar refractivity (Wildman–Crippen MR) is 56.5 cm³/mol. The van der Waals surface area contributed by atoms with Crippen molar-refractivity contribution in [1.29, 1.82) is 0 Å². The summed E-state index contributed by atoms with van der Waals surface area (Å²) < 4.78 is 10.2. The van der Waals surface area contributed by atoms with Crippen LogP contribution in [0.1, 0.15) is 0 Å². The first-order chi connectivity index (χ1) is 6.29. The molecule has 1 aliphatic heterocycles. The zero-order chi connectivity index (χ0) is 10.1. The van der Waals surface area contributed by atoms with Crippen LogP contribution in [0, 0.1) is 0 Å². The van der Waals surface area contributed by atoms with Gasteiger partial charge in [0.25, 0.3) is 11.8 Å². The van der Waals surface area contributed by atoms with Gasteiger partial charge in [-0.1, -0.05) is 0 Å². The Labute approximate surface area is 97.5 Å². The van der Waals surface area contributed by atoms with E-state index < -0.39 is 0 Å². The van der Waals surface area contributed by atoms with Gasteiger partial charge in [0.1, 0.15) is 13.2 Å². The second-order valence-electron chi connectivity index (χ2n) is 1.80. The molecule has 0 amide bonds. The van der Waals surface area contributed by atoms with Gasteiger partial charge in [0, 0.05) is 14.1 Å². The molecule has 0 aromatic carbocycles. The molecule has 0 saturated carbocycles. The molecular formula is C6H10Br2N2NiO2. The van der Waals surface area contributed by atoms with Crippen LogP contribution in [-0.2, 0) is 20.4 Å². The van der Waals surface area contributed by atoms with Crippen molar-refractivity contribution in [2.75, 3.05) is 27.3 Å². The van der Waals surface area contributed by atoms with E-state index in [2.05, 4.69) is 38.4 Å². The van der Waals surface area contributed by atoms with Crippen molar-refractivity contribution in [3.8, 4) is 0 Å². The number of nitrogens with zero attached hydrogens (tertiary/aromatic N) is 2. The van der Waals surface area contributed by atoms with Gasteiger partial charge in [-0.3, -0.25) is 9.98 Å². The van der Waals surface area contributed by atoms with Crippen molar-refractivity contribution < 1.29 is 20.4 Å². The summed E-state index contributed by atoms with van der Waals surface area (Å²) in [5.41, 5.74) is 0. The van der Waals surface area contributed by atoms with Crippen LogP contribution >= 0.6 is 28.5 Å². The Hall–Kier alpha value is 0.394. The summed E-state index contributed by atoms with van der Waals surface area (Å²) in [5, 5.41) is 0. The summed E-state index contributed by atoms with van der Waals surface area (Å²) >= 11 is 6.00. The van der Waals surface area contributed by atoms with Gasteiger partial charge in [-0.15, -0.1) is 0 Å². The van der Waals surface area contributed by atoms with Crippen LogP contribution in [0.4, 0.5) is 0 Å². The van der Waals surface area contributed by atoms with Gasteiger partial charge in [0.2, 0.25) is 0 Å². The summed E-state index contributed by atoms with van der Waals surface area (Å²) in [6.45, 7) is 1.12. The molecule has 7 heteroatoms. The van der Waals surface area contributed by atoms with Crippen LogP contribution in [0.15, 0.2) is 9.98 Å². The van der Waals surface area contributed by atoms with Crippen LogP contribution < -0.4 is 0 Å². The third-order valence-corrected chi connectivity index (χ3v) is 1.15. The van der Waals surface area contributed by atoms with E-state index in [0.717, 1.165) is 0 Å². The maximum absolute atomic E-state index is 5.12. The van der Waals surface area contributed by atoms with Gasteiger partial charge in [-0.2, -0.15) is 0 Å². The van der Waals surface area contributed by atoms with E-state index >= 15 is 0 Å². The van der Waals surface area contributed by atoms with Gasteiger partial charge < -0.3 is 9.47 Å². The number of hydrogen-bond acceptors (Lipinski definition) is 4. The fourth-order valence-electron chi connectivity index (χ4n) is 0.721. The number of aliphatic imine (C=N–C) groups is 2. The Morgan fingerprint density at radius 1 is 1.08 bits per heavy atom. The van der Waals surface area contributed by atoms with Crippen molar-refractivity contribution in [1.82, 2.24) is 0 Å². The molecule has 80 valence electrons. The van der Waals surface area contributed by atoms with Crippen molar-refractivity contribution in [3.05, 3.63) is 0 Å². The molecule has 0 spiro atoms. The Bertz CT molecular complexity index is 179. The van der Waals surface area contributed by atoms with Gasteiger partial charge in [0.05, 0.1) is 0 Å². The maximum atomic E-state index is 5.12. The van der Waals surface area contributed by atoms with E-state index in [0.29, 0.717) is 25.0 Å². The molecule has 0 N–H and O–H groups in total. The normalized spacial score (nSPS) is 21.8. The predicted octanol–water partition coefficient (Wildman–Crippen LogP) is 1.78. The number of rotatable bonds is 0. The Balaban J connectivity index is 0.000000424.